The zero-order chi connectivity index (χ0) is 12.8. The van der Waals surface area contributed by atoms with Crippen LogP contribution in [0, 0.1) is 0 Å². The molecule has 2 aliphatic rings. The molecule has 0 aliphatic heterocycles. The lowest BCUT2D eigenvalue weighted by atomic mass is 10.1. The zero-order valence-electron chi connectivity index (χ0n) is 10.5. The van der Waals surface area contributed by atoms with Gasteiger partial charge in [-0.1, -0.05) is 24.3 Å². The number of rotatable bonds is 3. The van der Waals surface area contributed by atoms with Crippen molar-refractivity contribution >= 4 is 16.7 Å². The molecule has 5 heteroatoms. The minimum atomic E-state index is 0.116. The molecule has 4 rings (SSSR count). The predicted molar refractivity (Wildman–Crippen MR) is 76.4 cm³/mol. The number of nitrogens with two attached hydrogens (primary N) is 1. The van der Waals surface area contributed by atoms with Crippen LogP contribution in [0.2, 0.25) is 0 Å². The molecule has 1 heterocycles. The SMILES string of the molecule is NC1Cc2ccccc2C1Nc1nc(C2CC2)ns1. The van der Waals surface area contributed by atoms with Crippen molar-refractivity contribution in [2.24, 2.45) is 5.73 Å². The van der Waals surface area contributed by atoms with Crippen LogP contribution in [0.3, 0.4) is 0 Å². The van der Waals surface area contributed by atoms with Crippen LogP contribution in [0.4, 0.5) is 5.13 Å². The molecule has 3 N–H and O–H groups in total. The Morgan fingerprint density at radius 2 is 2.11 bits per heavy atom. The number of benzene rings is 1. The largest absolute Gasteiger partial charge is 0.352 e. The fourth-order valence-corrected chi connectivity index (χ4v) is 3.43. The Balaban J connectivity index is 1.58. The maximum Gasteiger partial charge on any atom is 0.203 e. The lowest BCUT2D eigenvalue weighted by Gasteiger charge is -2.17. The van der Waals surface area contributed by atoms with E-state index in [0.29, 0.717) is 5.92 Å². The van der Waals surface area contributed by atoms with Crippen LogP contribution < -0.4 is 11.1 Å². The van der Waals surface area contributed by atoms with E-state index in [4.69, 9.17) is 5.73 Å². The summed E-state index contributed by atoms with van der Waals surface area (Å²) in [5, 5.41) is 4.37. The Morgan fingerprint density at radius 1 is 1.26 bits per heavy atom. The number of nitrogens with zero attached hydrogens (tertiary/aromatic N) is 2. The van der Waals surface area contributed by atoms with E-state index < -0.39 is 0 Å². The molecule has 2 atom stereocenters. The van der Waals surface area contributed by atoms with Crippen molar-refractivity contribution in [1.29, 1.82) is 0 Å². The van der Waals surface area contributed by atoms with E-state index in [1.54, 1.807) is 0 Å². The van der Waals surface area contributed by atoms with Gasteiger partial charge in [0.1, 0.15) is 5.82 Å². The van der Waals surface area contributed by atoms with Crippen molar-refractivity contribution in [1.82, 2.24) is 9.36 Å². The van der Waals surface area contributed by atoms with Gasteiger partial charge >= 0.3 is 0 Å². The predicted octanol–water partition coefficient (Wildman–Crippen LogP) is 2.45. The minimum absolute atomic E-state index is 0.116. The van der Waals surface area contributed by atoms with E-state index in [9.17, 15) is 0 Å². The molecule has 2 aliphatic carbocycles. The summed E-state index contributed by atoms with van der Waals surface area (Å²) < 4.78 is 4.43. The Labute approximate surface area is 116 Å². The highest BCUT2D eigenvalue weighted by molar-refractivity contribution is 7.09. The standard InChI is InChI=1S/C14H16N4S/c15-11-7-9-3-1-2-4-10(9)12(11)16-14-17-13(18-19-14)8-5-6-8/h1-4,8,11-12H,5-7,15H2,(H,16,17,18). The summed E-state index contributed by atoms with van der Waals surface area (Å²) in [5.41, 5.74) is 8.90. The molecule has 98 valence electrons. The van der Waals surface area contributed by atoms with E-state index in [1.807, 2.05) is 0 Å². The van der Waals surface area contributed by atoms with Crippen LogP contribution in [-0.4, -0.2) is 15.4 Å². The molecule has 1 aromatic carbocycles. The van der Waals surface area contributed by atoms with Gasteiger partial charge in [-0.2, -0.15) is 4.37 Å². The summed E-state index contributed by atoms with van der Waals surface area (Å²) in [6, 6.07) is 8.74. The first-order valence-electron chi connectivity index (χ1n) is 6.75. The van der Waals surface area contributed by atoms with Gasteiger partial charge in [0.05, 0.1) is 6.04 Å². The van der Waals surface area contributed by atoms with Crippen molar-refractivity contribution in [2.45, 2.75) is 37.3 Å². The monoisotopic (exact) mass is 272 g/mol. The Morgan fingerprint density at radius 3 is 2.95 bits per heavy atom. The third kappa shape index (κ3) is 2.03. The smallest absolute Gasteiger partial charge is 0.203 e. The molecule has 1 fully saturated rings. The molecule has 4 nitrogen and oxygen atoms in total. The quantitative estimate of drug-likeness (QED) is 0.901. The van der Waals surface area contributed by atoms with Gasteiger partial charge in [0.15, 0.2) is 0 Å². The highest BCUT2D eigenvalue weighted by Gasteiger charge is 2.31. The van der Waals surface area contributed by atoms with Crippen molar-refractivity contribution in [3.05, 3.63) is 41.2 Å². The van der Waals surface area contributed by atoms with Gasteiger partial charge in [0.25, 0.3) is 0 Å². The second-order valence-electron chi connectivity index (χ2n) is 5.42. The van der Waals surface area contributed by atoms with E-state index in [2.05, 4.69) is 38.9 Å². The fraction of sp³-hybridized carbons (Fsp3) is 0.429. The highest BCUT2D eigenvalue weighted by Crippen LogP contribution is 2.40. The molecule has 0 amide bonds. The van der Waals surface area contributed by atoms with Gasteiger partial charge < -0.3 is 11.1 Å². The molecule has 0 radical (unpaired) electrons. The molecule has 2 aromatic rings. The van der Waals surface area contributed by atoms with Gasteiger partial charge in [0.2, 0.25) is 5.13 Å². The normalized spacial score (nSPS) is 25.3. The second kappa shape index (κ2) is 4.28. The van der Waals surface area contributed by atoms with Crippen LogP contribution in [0.25, 0.3) is 0 Å². The number of nitrogens with one attached hydrogen (secondary N) is 1. The van der Waals surface area contributed by atoms with E-state index in [1.165, 1.54) is 35.5 Å². The number of hydrogen-bond acceptors (Lipinski definition) is 5. The molecule has 2 unspecified atom stereocenters. The first-order chi connectivity index (χ1) is 9.31. The first-order valence-corrected chi connectivity index (χ1v) is 7.52. The van der Waals surface area contributed by atoms with Crippen molar-refractivity contribution in [3.63, 3.8) is 0 Å². The summed E-state index contributed by atoms with van der Waals surface area (Å²) >= 11 is 1.45. The molecule has 0 saturated heterocycles. The number of aromatic nitrogens is 2. The summed E-state index contributed by atoms with van der Waals surface area (Å²) in [4.78, 5) is 4.58. The van der Waals surface area contributed by atoms with Crippen molar-refractivity contribution in [3.8, 4) is 0 Å². The molecule has 0 spiro atoms. The average molecular weight is 272 g/mol. The van der Waals surface area contributed by atoms with Crippen molar-refractivity contribution in [2.75, 3.05) is 5.32 Å². The Bertz CT molecular complexity index is 605. The third-order valence-electron chi connectivity index (χ3n) is 3.94. The third-order valence-corrected chi connectivity index (χ3v) is 4.60. The maximum absolute atomic E-state index is 6.25. The summed E-state index contributed by atoms with van der Waals surface area (Å²) in [6.07, 6.45) is 3.41. The number of anilines is 1. The Kier molecular flexibility index (Phi) is 2.56. The molecular weight excluding hydrogens is 256 g/mol. The van der Waals surface area contributed by atoms with Gasteiger partial charge in [-0.25, -0.2) is 4.98 Å². The molecular formula is C14H16N4S. The van der Waals surface area contributed by atoms with Crippen LogP contribution in [0.15, 0.2) is 24.3 Å². The second-order valence-corrected chi connectivity index (χ2v) is 6.17. The van der Waals surface area contributed by atoms with E-state index >= 15 is 0 Å². The maximum atomic E-state index is 6.25. The van der Waals surface area contributed by atoms with E-state index in [-0.39, 0.29) is 12.1 Å². The first kappa shape index (κ1) is 11.4. The Hall–Kier alpha value is -1.46. The summed E-state index contributed by atoms with van der Waals surface area (Å²) in [6.45, 7) is 0. The van der Waals surface area contributed by atoms with Crippen LogP contribution in [0.1, 0.15) is 41.8 Å². The van der Waals surface area contributed by atoms with Crippen LogP contribution >= 0.6 is 11.5 Å². The van der Waals surface area contributed by atoms with E-state index in [0.717, 1.165) is 17.4 Å². The van der Waals surface area contributed by atoms with Gasteiger partial charge in [-0.15, -0.1) is 0 Å². The number of fused-ring (bicyclic) bond motifs is 1. The highest BCUT2D eigenvalue weighted by atomic mass is 32.1. The van der Waals surface area contributed by atoms with Crippen LogP contribution in [-0.2, 0) is 6.42 Å². The van der Waals surface area contributed by atoms with Gasteiger partial charge in [-0.05, 0) is 30.4 Å². The van der Waals surface area contributed by atoms with Gasteiger partial charge in [0, 0.05) is 23.5 Å². The topological polar surface area (TPSA) is 63.8 Å². The molecule has 19 heavy (non-hydrogen) atoms. The summed E-state index contributed by atoms with van der Waals surface area (Å²) in [7, 11) is 0. The summed E-state index contributed by atoms with van der Waals surface area (Å²) in [5.74, 6) is 1.61. The number of hydrogen-bond donors (Lipinski definition) is 2. The lowest BCUT2D eigenvalue weighted by molar-refractivity contribution is 0.625. The van der Waals surface area contributed by atoms with Gasteiger partial charge in [-0.3, -0.25) is 0 Å². The zero-order valence-corrected chi connectivity index (χ0v) is 11.4. The average Bonchev–Trinajstić information content (AvgIpc) is 3.09. The minimum Gasteiger partial charge on any atom is -0.352 e. The lowest BCUT2D eigenvalue weighted by Crippen LogP contribution is -2.29. The molecule has 1 saturated carbocycles. The van der Waals surface area contributed by atoms with Crippen LogP contribution in [0.5, 0.6) is 0 Å². The fourth-order valence-electron chi connectivity index (χ4n) is 2.74. The molecule has 0 bridgehead atoms. The molecule has 1 aromatic heterocycles. The van der Waals surface area contributed by atoms with Crippen molar-refractivity contribution < 1.29 is 0 Å².